The van der Waals surface area contributed by atoms with E-state index in [-0.39, 0.29) is 11.5 Å². The van der Waals surface area contributed by atoms with E-state index in [9.17, 15) is 20.4 Å². The lowest BCUT2D eigenvalue weighted by Gasteiger charge is -2.28. The van der Waals surface area contributed by atoms with E-state index in [1.807, 2.05) is 24.3 Å². The topological polar surface area (TPSA) is 80.9 Å². The molecule has 0 bridgehead atoms. The van der Waals surface area contributed by atoms with Crippen molar-refractivity contribution < 1.29 is 20.4 Å². The Balaban J connectivity index is 1.63. The van der Waals surface area contributed by atoms with Gasteiger partial charge in [0.05, 0.1) is 13.2 Å². The van der Waals surface area contributed by atoms with Gasteiger partial charge in [-0.2, -0.15) is 0 Å². The Kier molecular flexibility index (Phi) is 32.2. The van der Waals surface area contributed by atoms with Crippen molar-refractivity contribution in [1.82, 2.24) is 0 Å². The molecule has 4 N–H and O–H groups in total. The van der Waals surface area contributed by atoms with Crippen LogP contribution in [0, 0.1) is 5.41 Å². The van der Waals surface area contributed by atoms with Crippen LogP contribution in [0.4, 0.5) is 0 Å². The molecule has 59 heavy (non-hydrogen) atoms. The van der Waals surface area contributed by atoms with Gasteiger partial charge in [-0.1, -0.05) is 255 Å². The summed E-state index contributed by atoms with van der Waals surface area (Å²) in [6.45, 7) is 3.32. The first kappa shape index (κ1) is 52.6. The van der Waals surface area contributed by atoms with Gasteiger partial charge < -0.3 is 20.4 Å². The molecular formula is C55H92O4. The van der Waals surface area contributed by atoms with E-state index < -0.39 is 18.6 Å². The van der Waals surface area contributed by atoms with Crippen LogP contribution in [-0.2, 0) is 12.8 Å². The Morgan fingerprint density at radius 1 is 0.356 bits per heavy atom. The second-order valence-electron chi connectivity index (χ2n) is 18.0. The molecule has 0 amide bonds. The van der Waals surface area contributed by atoms with Gasteiger partial charge in [-0.25, -0.2) is 0 Å². The molecule has 0 atom stereocenters. The lowest BCUT2D eigenvalue weighted by atomic mass is 9.83. The number of unbranched alkanes of at least 4 members (excludes halogenated alkanes) is 30. The Morgan fingerprint density at radius 2 is 0.576 bits per heavy atom. The van der Waals surface area contributed by atoms with Crippen molar-refractivity contribution in [3.05, 3.63) is 82.3 Å². The van der Waals surface area contributed by atoms with Crippen molar-refractivity contribution in [3.8, 4) is 0 Å². The predicted octanol–water partition coefficient (Wildman–Crippen LogP) is 16.8. The normalized spacial score (nSPS) is 12.5. The molecule has 336 valence electrons. The van der Waals surface area contributed by atoms with Crippen molar-refractivity contribution in [2.24, 2.45) is 5.41 Å². The minimum Gasteiger partial charge on any atom is -0.511 e. The van der Waals surface area contributed by atoms with E-state index >= 15 is 0 Å². The van der Waals surface area contributed by atoms with Gasteiger partial charge in [-0.3, -0.25) is 0 Å². The maximum absolute atomic E-state index is 11.1. The van der Waals surface area contributed by atoms with Gasteiger partial charge in [0.15, 0.2) is 0 Å². The van der Waals surface area contributed by atoms with Crippen LogP contribution in [-0.4, -0.2) is 33.6 Å². The smallest absolute Gasteiger partial charge is 0.130 e. The minimum absolute atomic E-state index is 0.262. The minimum atomic E-state index is -1.68. The van der Waals surface area contributed by atoms with Gasteiger partial charge >= 0.3 is 0 Å². The molecule has 0 unspecified atom stereocenters. The molecule has 0 heterocycles. The molecule has 2 rings (SSSR count). The number of rotatable bonds is 40. The highest BCUT2D eigenvalue weighted by Gasteiger charge is 2.38. The van der Waals surface area contributed by atoms with Gasteiger partial charge in [0.1, 0.15) is 16.9 Å². The maximum Gasteiger partial charge on any atom is 0.130 e. The van der Waals surface area contributed by atoms with Crippen LogP contribution in [0.5, 0.6) is 0 Å². The van der Waals surface area contributed by atoms with E-state index in [2.05, 4.69) is 38.1 Å². The number of benzene rings is 2. The molecule has 0 aromatic heterocycles. The fraction of sp³-hybridized carbons (Fsp3) is 0.709. The molecule has 0 spiro atoms. The van der Waals surface area contributed by atoms with Crippen LogP contribution in [0.15, 0.2) is 60.0 Å². The summed E-state index contributed by atoms with van der Waals surface area (Å²) in [5.41, 5.74) is 2.37. The van der Waals surface area contributed by atoms with Crippen LogP contribution in [0.3, 0.4) is 0 Å². The first-order valence-corrected chi connectivity index (χ1v) is 25.2. The first-order valence-electron chi connectivity index (χ1n) is 25.2. The summed E-state index contributed by atoms with van der Waals surface area (Å²) < 4.78 is 0. The Bertz CT molecular complexity index is 1190. The van der Waals surface area contributed by atoms with Crippen molar-refractivity contribution in [2.45, 2.75) is 232 Å². The standard InChI is InChI=1S/C55H92O4/c1-3-5-7-9-11-13-15-17-19-21-23-25-27-29-31-33-35-49-37-41-51(42-38-49)45-53(58)55(47-56,48-57)54(59)46-52-43-39-50(40-44-52)36-34-32-30-28-26-24-22-20-18-16-14-12-10-8-6-4-2/h37-46,56-59H,3-36,47-48H2,1-2H3. The van der Waals surface area contributed by atoms with Gasteiger partial charge in [-0.15, -0.1) is 0 Å². The van der Waals surface area contributed by atoms with E-state index in [0.717, 1.165) is 24.0 Å². The molecule has 2 aromatic carbocycles. The largest absolute Gasteiger partial charge is 0.511 e. The Morgan fingerprint density at radius 3 is 0.797 bits per heavy atom. The zero-order valence-electron chi connectivity index (χ0n) is 38.5. The van der Waals surface area contributed by atoms with Crippen LogP contribution in [0.1, 0.15) is 242 Å². The number of aliphatic hydroxyl groups excluding tert-OH is 4. The second-order valence-corrected chi connectivity index (χ2v) is 18.0. The van der Waals surface area contributed by atoms with E-state index in [1.165, 1.54) is 229 Å². The number of aliphatic hydroxyl groups is 4. The molecular weight excluding hydrogens is 725 g/mol. The van der Waals surface area contributed by atoms with Crippen molar-refractivity contribution in [1.29, 1.82) is 0 Å². The highest BCUT2D eigenvalue weighted by molar-refractivity contribution is 5.58. The maximum atomic E-state index is 11.1. The average molecular weight is 817 g/mol. The zero-order chi connectivity index (χ0) is 42.5. The Hall–Kier alpha value is -2.56. The fourth-order valence-corrected chi connectivity index (χ4v) is 8.41. The van der Waals surface area contributed by atoms with E-state index in [1.54, 1.807) is 0 Å². The van der Waals surface area contributed by atoms with Crippen LogP contribution >= 0.6 is 0 Å². The third-order valence-electron chi connectivity index (χ3n) is 12.7. The van der Waals surface area contributed by atoms with Crippen molar-refractivity contribution >= 4 is 12.2 Å². The average Bonchev–Trinajstić information content (AvgIpc) is 3.25. The molecule has 0 fully saturated rings. The third kappa shape index (κ3) is 25.1. The van der Waals surface area contributed by atoms with E-state index in [0.29, 0.717) is 0 Å². The quantitative estimate of drug-likeness (QED) is 0.0399. The molecule has 0 aliphatic heterocycles. The molecule has 0 saturated heterocycles. The SMILES string of the molecule is CCCCCCCCCCCCCCCCCCc1ccc(C=C(O)C(CO)(CO)C(O)=Cc2ccc(CCCCCCCCCCCCCCCCCC)cc2)cc1. The van der Waals surface area contributed by atoms with Crippen molar-refractivity contribution in [3.63, 3.8) is 0 Å². The first-order chi connectivity index (χ1) is 29.0. The van der Waals surface area contributed by atoms with Gasteiger partial charge in [0.2, 0.25) is 0 Å². The predicted molar refractivity (Wildman–Crippen MR) is 257 cm³/mol. The summed E-state index contributed by atoms with van der Waals surface area (Å²) in [6.07, 6.45) is 49.0. The molecule has 4 heteroatoms. The summed E-state index contributed by atoms with van der Waals surface area (Å²) in [5, 5.41) is 43.0. The van der Waals surface area contributed by atoms with Crippen LogP contribution < -0.4 is 0 Å². The summed E-state index contributed by atoms with van der Waals surface area (Å²) in [6, 6.07) is 16.2. The third-order valence-corrected chi connectivity index (χ3v) is 12.7. The van der Waals surface area contributed by atoms with Gasteiger partial charge in [-0.05, 0) is 60.1 Å². The molecule has 0 aliphatic carbocycles. The number of hydrogen-bond donors (Lipinski definition) is 4. The van der Waals surface area contributed by atoms with Gasteiger partial charge in [0.25, 0.3) is 0 Å². The molecule has 0 saturated carbocycles. The monoisotopic (exact) mass is 817 g/mol. The molecule has 4 nitrogen and oxygen atoms in total. The highest BCUT2D eigenvalue weighted by Crippen LogP contribution is 2.35. The van der Waals surface area contributed by atoms with Crippen LogP contribution in [0.2, 0.25) is 0 Å². The Labute approximate surface area is 364 Å². The second kappa shape index (κ2) is 36.1. The summed E-state index contributed by atoms with van der Waals surface area (Å²) in [4.78, 5) is 0. The fourth-order valence-electron chi connectivity index (χ4n) is 8.41. The lowest BCUT2D eigenvalue weighted by Crippen LogP contribution is -2.34. The molecule has 2 aromatic rings. The molecule has 0 aliphatic rings. The number of aryl methyl sites for hydroxylation is 2. The summed E-state index contributed by atoms with van der Waals surface area (Å²) >= 11 is 0. The van der Waals surface area contributed by atoms with Crippen LogP contribution in [0.25, 0.3) is 12.2 Å². The highest BCUT2D eigenvalue weighted by atomic mass is 16.3. The molecule has 0 radical (unpaired) electrons. The van der Waals surface area contributed by atoms with E-state index in [4.69, 9.17) is 0 Å². The lowest BCUT2D eigenvalue weighted by molar-refractivity contribution is 0.0487. The number of hydrogen-bond acceptors (Lipinski definition) is 4. The zero-order valence-corrected chi connectivity index (χ0v) is 38.5. The summed E-state index contributed by atoms with van der Waals surface area (Å²) in [5.74, 6) is -0.524. The van der Waals surface area contributed by atoms with Gasteiger partial charge in [0, 0.05) is 0 Å². The van der Waals surface area contributed by atoms with Crippen molar-refractivity contribution in [2.75, 3.05) is 13.2 Å². The summed E-state index contributed by atoms with van der Waals surface area (Å²) in [7, 11) is 0.